The lowest BCUT2D eigenvalue weighted by Crippen LogP contribution is -2.44. The first kappa shape index (κ1) is 20.5. The second-order valence-electron chi connectivity index (χ2n) is 7.39. The molecule has 1 aliphatic heterocycles. The molecule has 6 heteroatoms. The summed E-state index contributed by atoms with van der Waals surface area (Å²) in [5.74, 6) is 0.362. The molecule has 6 nitrogen and oxygen atoms in total. The molecule has 1 aliphatic rings. The Balaban J connectivity index is 1.80. The summed E-state index contributed by atoms with van der Waals surface area (Å²) in [5, 5.41) is 3.00. The number of para-hydroxylation sites is 2. The third-order valence-electron chi connectivity index (χ3n) is 5.68. The lowest BCUT2D eigenvalue weighted by atomic mass is 9.79. The van der Waals surface area contributed by atoms with E-state index in [9.17, 15) is 9.59 Å². The van der Waals surface area contributed by atoms with Crippen LogP contribution in [0.2, 0.25) is 0 Å². The second-order valence-corrected chi connectivity index (χ2v) is 7.39. The highest BCUT2D eigenvalue weighted by atomic mass is 16.5. The van der Waals surface area contributed by atoms with Crippen LogP contribution in [0.25, 0.3) is 0 Å². The lowest BCUT2D eigenvalue weighted by molar-refractivity contribution is -0.119. The van der Waals surface area contributed by atoms with Crippen LogP contribution in [-0.2, 0) is 4.79 Å². The quantitative estimate of drug-likeness (QED) is 0.675. The minimum absolute atomic E-state index is 0.113. The number of carbonyl (C=O) groups excluding carboxylic acids is 2. The van der Waals surface area contributed by atoms with E-state index in [-0.39, 0.29) is 11.8 Å². The van der Waals surface area contributed by atoms with Crippen LogP contribution in [0.1, 0.15) is 33.4 Å². The van der Waals surface area contributed by atoms with E-state index in [1.54, 1.807) is 44.4 Å². The molecule has 3 aromatic rings. The number of methoxy groups -OCH3 is 2. The predicted octanol–water partition coefficient (Wildman–Crippen LogP) is 4.25. The smallest absolute Gasteiger partial charge is 0.254 e. The molecule has 31 heavy (non-hydrogen) atoms. The second kappa shape index (κ2) is 8.52. The van der Waals surface area contributed by atoms with E-state index in [0.29, 0.717) is 28.3 Å². The van der Waals surface area contributed by atoms with Gasteiger partial charge in [-0.3, -0.25) is 9.59 Å². The van der Waals surface area contributed by atoms with Gasteiger partial charge < -0.3 is 19.7 Å². The molecular weight excluding hydrogens is 392 g/mol. The van der Waals surface area contributed by atoms with Gasteiger partial charge in [-0.2, -0.15) is 0 Å². The van der Waals surface area contributed by atoms with E-state index >= 15 is 0 Å². The molecule has 4 rings (SSSR count). The Bertz CT molecular complexity index is 1110. The topological polar surface area (TPSA) is 67.9 Å². The zero-order valence-electron chi connectivity index (χ0n) is 17.7. The van der Waals surface area contributed by atoms with Crippen LogP contribution in [0.5, 0.6) is 11.5 Å². The summed E-state index contributed by atoms with van der Waals surface area (Å²) in [5.41, 5.74) is 2.68. The van der Waals surface area contributed by atoms with Crippen LogP contribution in [-0.4, -0.2) is 38.0 Å². The third-order valence-corrected chi connectivity index (χ3v) is 5.68. The summed E-state index contributed by atoms with van der Waals surface area (Å²) >= 11 is 0. The molecular formula is C25H24N2O4. The normalized spacial score (nSPS) is 17.6. The molecule has 0 saturated heterocycles. The molecule has 1 N–H and O–H groups in total. The third kappa shape index (κ3) is 3.72. The van der Waals surface area contributed by atoms with Crippen LogP contribution in [0.3, 0.4) is 0 Å². The Hall–Kier alpha value is -3.80. The number of nitrogens with one attached hydrogen (secondary N) is 1. The number of carbonyl (C=O) groups is 2. The monoisotopic (exact) mass is 416 g/mol. The molecule has 2 amide bonds. The predicted molar refractivity (Wildman–Crippen MR) is 119 cm³/mol. The zero-order chi connectivity index (χ0) is 22.0. The zero-order valence-corrected chi connectivity index (χ0v) is 17.7. The van der Waals surface area contributed by atoms with Gasteiger partial charge in [0.05, 0.1) is 31.9 Å². The van der Waals surface area contributed by atoms with Gasteiger partial charge in [-0.05, 0) is 41.5 Å². The summed E-state index contributed by atoms with van der Waals surface area (Å²) in [4.78, 5) is 28.4. The van der Waals surface area contributed by atoms with E-state index in [4.69, 9.17) is 9.47 Å². The van der Waals surface area contributed by atoms with Crippen molar-refractivity contribution in [1.29, 1.82) is 0 Å². The highest BCUT2D eigenvalue weighted by Crippen LogP contribution is 2.43. The maximum absolute atomic E-state index is 13.6. The minimum Gasteiger partial charge on any atom is -0.497 e. The SMILES string of the molecule is COc1ccc(C2C(C(=O)Nc3ccccc3OC)c3ccccc3C(=O)N2C)cc1. The molecule has 0 spiro atoms. The summed E-state index contributed by atoms with van der Waals surface area (Å²) in [6.07, 6.45) is 0. The number of nitrogens with zero attached hydrogens (tertiary/aromatic N) is 1. The summed E-state index contributed by atoms with van der Waals surface area (Å²) in [6.45, 7) is 0. The molecule has 0 aromatic heterocycles. The number of hydrogen-bond donors (Lipinski definition) is 1. The molecule has 3 aromatic carbocycles. The number of anilines is 1. The lowest BCUT2D eigenvalue weighted by Gasteiger charge is -2.39. The van der Waals surface area contributed by atoms with Gasteiger partial charge in [-0.15, -0.1) is 0 Å². The van der Waals surface area contributed by atoms with E-state index in [1.165, 1.54) is 0 Å². The average molecular weight is 416 g/mol. The van der Waals surface area contributed by atoms with Crippen molar-refractivity contribution in [3.8, 4) is 11.5 Å². The van der Waals surface area contributed by atoms with Gasteiger partial charge in [0, 0.05) is 12.6 Å². The molecule has 2 atom stereocenters. The standard InChI is InChI=1S/C25H24N2O4/c1-27-23(16-12-14-17(30-2)15-13-16)22(18-8-4-5-9-19(18)25(27)29)24(28)26-20-10-6-7-11-21(20)31-3/h4-15,22-23H,1-3H3,(H,26,28). The Labute approximate surface area is 181 Å². The van der Waals surface area contributed by atoms with Gasteiger partial charge in [-0.25, -0.2) is 0 Å². The number of benzene rings is 3. The van der Waals surface area contributed by atoms with E-state index < -0.39 is 12.0 Å². The van der Waals surface area contributed by atoms with Gasteiger partial charge >= 0.3 is 0 Å². The van der Waals surface area contributed by atoms with Gasteiger partial charge in [0.25, 0.3) is 5.91 Å². The van der Waals surface area contributed by atoms with Crippen LogP contribution in [0.15, 0.2) is 72.8 Å². The number of amides is 2. The fraction of sp³-hybridized carbons (Fsp3) is 0.200. The Morgan fingerprint density at radius 2 is 1.58 bits per heavy atom. The first-order valence-corrected chi connectivity index (χ1v) is 9.99. The van der Waals surface area contributed by atoms with Gasteiger partial charge in [0.1, 0.15) is 11.5 Å². The van der Waals surface area contributed by atoms with Gasteiger partial charge in [0.15, 0.2) is 0 Å². The minimum atomic E-state index is -0.600. The molecule has 0 aliphatic carbocycles. The van der Waals surface area contributed by atoms with Crippen LogP contribution >= 0.6 is 0 Å². The molecule has 158 valence electrons. The molecule has 0 saturated carbocycles. The molecule has 0 bridgehead atoms. The number of likely N-dealkylation sites (N-methyl/N-ethyl adjacent to an activating group) is 1. The highest BCUT2D eigenvalue weighted by Gasteiger charge is 2.42. The van der Waals surface area contributed by atoms with Crippen LogP contribution in [0, 0.1) is 0 Å². The fourth-order valence-corrected chi connectivity index (χ4v) is 4.13. The first-order chi connectivity index (χ1) is 15.0. The van der Waals surface area contributed by atoms with Crippen LogP contribution in [0.4, 0.5) is 5.69 Å². The van der Waals surface area contributed by atoms with E-state index in [2.05, 4.69) is 5.32 Å². The fourth-order valence-electron chi connectivity index (χ4n) is 4.13. The first-order valence-electron chi connectivity index (χ1n) is 9.99. The molecule has 2 unspecified atom stereocenters. The number of ether oxygens (including phenoxy) is 2. The van der Waals surface area contributed by atoms with E-state index in [0.717, 1.165) is 5.56 Å². The van der Waals surface area contributed by atoms with Crippen molar-refractivity contribution in [3.05, 3.63) is 89.5 Å². The van der Waals surface area contributed by atoms with Crippen molar-refractivity contribution < 1.29 is 19.1 Å². The van der Waals surface area contributed by atoms with Gasteiger partial charge in [-0.1, -0.05) is 42.5 Å². The number of rotatable bonds is 5. The summed E-state index contributed by atoms with van der Waals surface area (Å²) in [6, 6.07) is 21.5. The maximum atomic E-state index is 13.6. The van der Waals surface area contributed by atoms with Crippen molar-refractivity contribution in [2.45, 2.75) is 12.0 Å². The molecule has 0 fully saturated rings. The van der Waals surface area contributed by atoms with Crippen molar-refractivity contribution in [2.75, 3.05) is 26.6 Å². The average Bonchev–Trinajstić information content (AvgIpc) is 2.81. The molecule has 1 heterocycles. The maximum Gasteiger partial charge on any atom is 0.254 e. The van der Waals surface area contributed by atoms with Crippen molar-refractivity contribution in [2.24, 2.45) is 0 Å². The number of hydrogen-bond acceptors (Lipinski definition) is 4. The Morgan fingerprint density at radius 3 is 2.29 bits per heavy atom. The van der Waals surface area contributed by atoms with Crippen LogP contribution < -0.4 is 14.8 Å². The molecule has 0 radical (unpaired) electrons. The van der Waals surface area contributed by atoms with Gasteiger partial charge in [0.2, 0.25) is 5.91 Å². The van der Waals surface area contributed by atoms with Crippen molar-refractivity contribution >= 4 is 17.5 Å². The largest absolute Gasteiger partial charge is 0.497 e. The Morgan fingerprint density at radius 1 is 0.903 bits per heavy atom. The highest BCUT2D eigenvalue weighted by molar-refractivity contribution is 6.04. The van der Waals surface area contributed by atoms with Crippen molar-refractivity contribution in [3.63, 3.8) is 0 Å². The number of fused-ring (bicyclic) bond motifs is 1. The summed E-state index contributed by atoms with van der Waals surface area (Å²) < 4.78 is 10.7. The summed E-state index contributed by atoms with van der Waals surface area (Å²) in [7, 11) is 4.90. The van der Waals surface area contributed by atoms with Crippen molar-refractivity contribution in [1.82, 2.24) is 4.90 Å². The van der Waals surface area contributed by atoms with E-state index in [1.807, 2.05) is 54.6 Å². The Kier molecular flexibility index (Phi) is 5.62.